The maximum absolute atomic E-state index is 11.7. The Labute approximate surface area is 94.4 Å². The first-order chi connectivity index (χ1) is 6.80. The standard InChI is InChI=1S/C9H16N2O2S2/c1-9(2,15(3,12)13)8(11-10)7-5-4-6-14-7/h4-6,8,11H,10H2,1-3H3. The van der Waals surface area contributed by atoms with Crippen LogP contribution in [0.4, 0.5) is 0 Å². The van der Waals surface area contributed by atoms with Crippen molar-refractivity contribution in [3.05, 3.63) is 22.4 Å². The highest BCUT2D eigenvalue weighted by atomic mass is 32.2. The van der Waals surface area contributed by atoms with E-state index in [9.17, 15) is 8.42 Å². The van der Waals surface area contributed by atoms with Crippen LogP contribution in [0.5, 0.6) is 0 Å². The minimum Gasteiger partial charge on any atom is -0.271 e. The molecule has 0 aromatic carbocycles. The maximum atomic E-state index is 11.7. The number of sulfone groups is 1. The van der Waals surface area contributed by atoms with E-state index in [2.05, 4.69) is 5.43 Å². The van der Waals surface area contributed by atoms with E-state index in [4.69, 9.17) is 5.84 Å². The second kappa shape index (κ2) is 4.21. The third-order valence-corrected chi connectivity index (χ3v) is 5.73. The molecule has 0 aliphatic heterocycles. The molecule has 1 atom stereocenters. The predicted octanol–water partition coefficient (Wildman–Crippen LogP) is 1.08. The van der Waals surface area contributed by atoms with Gasteiger partial charge in [-0.3, -0.25) is 11.3 Å². The van der Waals surface area contributed by atoms with Gasteiger partial charge in [-0.25, -0.2) is 8.42 Å². The first kappa shape index (κ1) is 12.6. The number of nitrogens with one attached hydrogen (secondary N) is 1. The summed E-state index contributed by atoms with van der Waals surface area (Å²) in [4.78, 5) is 0.924. The van der Waals surface area contributed by atoms with Crippen molar-refractivity contribution in [2.24, 2.45) is 5.84 Å². The molecule has 0 radical (unpaired) electrons. The second-order valence-corrected chi connectivity index (χ2v) is 7.57. The Bertz CT molecular complexity index is 409. The number of hydrazine groups is 1. The van der Waals surface area contributed by atoms with E-state index in [1.165, 1.54) is 17.6 Å². The SMILES string of the molecule is CC(C)(C(NN)c1cccs1)S(C)(=O)=O. The summed E-state index contributed by atoms with van der Waals surface area (Å²) in [5.74, 6) is 5.44. The van der Waals surface area contributed by atoms with Crippen LogP contribution in [0.25, 0.3) is 0 Å². The second-order valence-electron chi connectivity index (χ2n) is 3.99. The average molecular weight is 248 g/mol. The summed E-state index contributed by atoms with van der Waals surface area (Å²) in [5, 5.41) is 1.90. The van der Waals surface area contributed by atoms with Gasteiger partial charge in [-0.1, -0.05) is 6.07 Å². The van der Waals surface area contributed by atoms with Gasteiger partial charge in [0.15, 0.2) is 9.84 Å². The third-order valence-electron chi connectivity index (χ3n) is 2.65. The molecule has 0 saturated heterocycles. The molecule has 0 fully saturated rings. The summed E-state index contributed by atoms with van der Waals surface area (Å²) < 4.78 is 22.4. The van der Waals surface area contributed by atoms with Crippen LogP contribution in [0, 0.1) is 0 Å². The van der Waals surface area contributed by atoms with Gasteiger partial charge in [0, 0.05) is 11.1 Å². The van der Waals surface area contributed by atoms with Gasteiger partial charge in [-0.2, -0.15) is 0 Å². The van der Waals surface area contributed by atoms with Crippen molar-refractivity contribution in [2.75, 3.05) is 6.26 Å². The van der Waals surface area contributed by atoms with Crippen LogP contribution in [0.2, 0.25) is 0 Å². The highest BCUT2D eigenvalue weighted by Gasteiger charge is 2.39. The van der Waals surface area contributed by atoms with Crippen LogP contribution in [0.15, 0.2) is 17.5 Å². The molecule has 0 saturated carbocycles. The van der Waals surface area contributed by atoms with E-state index in [1.807, 2.05) is 17.5 Å². The topological polar surface area (TPSA) is 72.2 Å². The number of hydrogen-bond acceptors (Lipinski definition) is 5. The Morgan fingerprint density at radius 2 is 2.13 bits per heavy atom. The zero-order chi connectivity index (χ0) is 11.7. The Morgan fingerprint density at radius 1 is 1.53 bits per heavy atom. The molecule has 0 spiro atoms. The average Bonchev–Trinajstić information content (AvgIpc) is 2.55. The minimum absolute atomic E-state index is 0.382. The highest BCUT2D eigenvalue weighted by molar-refractivity contribution is 7.92. The van der Waals surface area contributed by atoms with Gasteiger partial charge in [0.1, 0.15) is 0 Å². The lowest BCUT2D eigenvalue weighted by Crippen LogP contribution is -2.47. The third kappa shape index (κ3) is 2.39. The molecule has 1 aromatic heterocycles. The number of rotatable bonds is 4. The van der Waals surface area contributed by atoms with Crippen LogP contribution in [0.3, 0.4) is 0 Å². The molecule has 1 unspecified atom stereocenters. The summed E-state index contributed by atoms with van der Waals surface area (Å²) in [7, 11) is -3.18. The van der Waals surface area contributed by atoms with Crippen molar-refractivity contribution in [3.8, 4) is 0 Å². The Morgan fingerprint density at radius 3 is 2.47 bits per heavy atom. The van der Waals surface area contributed by atoms with E-state index in [1.54, 1.807) is 13.8 Å². The molecule has 4 nitrogen and oxygen atoms in total. The van der Waals surface area contributed by atoms with Crippen molar-refractivity contribution >= 4 is 21.2 Å². The van der Waals surface area contributed by atoms with Gasteiger partial charge in [0.25, 0.3) is 0 Å². The molecule has 0 bridgehead atoms. The summed E-state index contributed by atoms with van der Waals surface area (Å²) in [6.07, 6.45) is 1.23. The monoisotopic (exact) mass is 248 g/mol. The lowest BCUT2D eigenvalue weighted by molar-refractivity contribution is 0.433. The van der Waals surface area contributed by atoms with Crippen LogP contribution < -0.4 is 11.3 Å². The maximum Gasteiger partial charge on any atom is 0.154 e. The molecule has 15 heavy (non-hydrogen) atoms. The molecule has 6 heteroatoms. The summed E-state index contributed by atoms with van der Waals surface area (Å²) in [6, 6.07) is 3.37. The lowest BCUT2D eigenvalue weighted by atomic mass is 10.0. The van der Waals surface area contributed by atoms with Crippen LogP contribution in [0.1, 0.15) is 24.8 Å². The zero-order valence-electron chi connectivity index (χ0n) is 9.02. The quantitative estimate of drug-likeness (QED) is 0.617. The molecule has 86 valence electrons. The largest absolute Gasteiger partial charge is 0.271 e. The predicted molar refractivity (Wildman–Crippen MR) is 63.3 cm³/mol. The number of thiophene rings is 1. The fraction of sp³-hybridized carbons (Fsp3) is 0.556. The number of nitrogens with two attached hydrogens (primary N) is 1. The Balaban J connectivity index is 3.14. The van der Waals surface area contributed by atoms with Crippen molar-refractivity contribution in [2.45, 2.75) is 24.6 Å². The smallest absolute Gasteiger partial charge is 0.154 e. The number of hydrogen-bond donors (Lipinski definition) is 2. The highest BCUT2D eigenvalue weighted by Crippen LogP contribution is 2.33. The molecule has 0 aliphatic carbocycles. The van der Waals surface area contributed by atoms with Crippen LogP contribution in [-0.4, -0.2) is 19.4 Å². The van der Waals surface area contributed by atoms with E-state index in [0.717, 1.165) is 4.88 Å². The van der Waals surface area contributed by atoms with Gasteiger partial charge in [-0.05, 0) is 25.3 Å². The van der Waals surface area contributed by atoms with Crippen molar-refractivity contribution in [1.29, 1.82) is 0 Å². The van der Waals surface area contributed by atoms with Crippen molar-refractivity contribution < 1.29 is 8.42 Å². The molecule has 3 N–H and O–H groups in total. The van der Waals surface area contributed by atoms with E-state index < -0.39 is 14.6 Å². The first-order valence-electron chi connectivity index (χ1n) is 4.50. The fourth-order valence-electron chi connectivity index (χ4n) is 1.30. The van der Waals surface area contributed by atoms with Crippen molar-refractivity contribution in [3.63, 3.8) is 0 Å². The first-order valence-corrected chi connectivity index (χ1v) is 7.27. The summed E-state index contributed by atoms with van der Waals surface area (Å²) in [5.41, 5.74) is 2.58. The van der Waals surface area contributed by atoms with E-state index in [0.29, 0.717) is 0 Å². The Kier molecular flexibility index (Phi) is 3.55. The van der Waals surface area contributed by atoms with Crippen LogP contribution in [-0.2, 0) is 9.84 Å². The molecule has 0 aliphatic rings. The van der Waals surface area contributed by atoms with Crippen molar-refractivity contribution in [1.82, 2.24) is 5.43 Å². The molecule has 1 heterocycles. The van der Waals surface area contributed by atoms with Gasteiger partial charge in [0.05, 0.1) is 10.8 Å². The molecule has 1 rings (SSSR count). The summed E-state index contributed by atoms with van der Waals surface area (Å²) >= 11 is 1.49. The summed E-state index contributed by atoms with van der Waals surface area (Å²) in [6.45, 7) is 3.35. The zero-order valence-corrected chi connectivity index (χ0v) is 10.7. The van der Waals surface area contributed by atoms with Gasteiger partial charge in [0.2, 0.25) is 0 Å². The normalized spacial score (nSPS) is 15.2. The Hall–Kier alpha value is -0.430. The van der Waals surface area contributed by atoms with Gasteiger partial charge in [-0.15, -0.1) is 11.3 Å². The van der Waals surface area contributed by atoms with Gasteiger partial charge >= 0.3 is 0 Å². The van der Waals surface area contributed by atoms with E-state index in [-0.39, 0.29) is 6.04 Å². The molecular formula is C9H16N2O2S2. The molecular weight excluding hydrogens is 232 g/mol. The molecule has 0 amide bonds. The van der Waals surface area contributed by atoms with Gasteiger partial charge < -0.3 is 0 Å². The lowest BCUT2D eigenvalue weighted by Gasteiger charge is -2.31. The molecule has 1 aromatic rings. The minimum atomic E-state index is -3.18. The fourth-order valence-corrected chi connectivity index (χ4v) is 2.96. The van der Waals surface area contributed by atoms with E-state index >= 15 is 0 Å². The van der Waals surface area contributed by atoms with Crippen LogP contribution >= 0.6 is 11.3 Å².